The molecule has 1 aliphatic heterocycles. The van der Waals surface area contributed by atoms with Crippen LogP contribution in [-0.2, 0) is 4.79 Å². The number of carboxylic acid groups (broad SMARTS) is 1. The zero-order chi connectivity index (χ0) is 15.3. The lowest BCUT2D eigenvalue weighted by Crippen LogP contribution is -2.44. The second-order valence-electron chi connectivity index (χ2n) is 6.57. The zero-order valence-electron chi connectivity index (χ0n) is 14.0. The molecule has 1 fully saturated rings. The lowest BCUT2D eigenvalue weighted by Gasteiger charge is -2.32. The first-order valence-corrected chi connectivity index (χ1v) is 9.22. The molecule has 0 aromatic heterocycles. The molecule has 0 bridgehead atoms. The molecule has 1 rings (SSSR count). The van der Waals surface area contributed by atoms with Gasteiger partial charge in [0.2, 0.25) is 0 Å². The van der Waals surface area contributed by atoms with Gasteiger partial charge in [-0.25, -0.2) is 0 Å². The molecular formula is C18H35NO2. The molecule has 1 saturated heterocycles. The molecule has 1 heterocycles. The first-order valence-electron chi connectivity index (χ1n) is 9.22. The average Bonchev–Trinajstić information content (AvgIpc) is 2.49. The van der Waals surface area contributed by atoms with Crippen molar-refractivity contribution in [2.45, 2.75) is 96.4 Å². The second-order valence-corrected chi connectivity index (χ2v) is 6.57. The standard InChI is InChI=1S/C18H35NO2/c1-2-3-4-5-6-7-8-9-10-12-15-19-16-13-11-14-17(19)18(20)21/h17H,2-16H2,1H3,(H,20,21). The number of aliphatic carboxylic acids is 1. The number of hydrogen-bond acceptors (Lipinski definition) is 2. The van der Waals surface area contributed by atoms with E-state index in [1.165, 1.54) is 70.6 Å². The predicted octanol–water partition coefficient (Wildman–Crippen LogP) is 4.85. The maximum Gasteiger partial charge on any atom is 0.320 e. The molecule has 0 aromatic rings. The van der Waals surface area contributed by atoms with E-state index in [-0.39, 0.29) is 6.04 Å². The van der Waals surface area contributed by atoms with Crippen molar-refractivity contribution in [1.29, 1.82) is 0 Å². The Bertz CT molecular complexity index is 268. The number of rotatable bonds is 12. The highest BCUT2D eigenvalue weighted by molar-refractivity contribution is 5.73. The van der Waals surface area contributed by atoms with Gasteiger partial charge in [-0.05, 0) is 32.4 Å². The van der Waals surface area contributed by atoms with Gasteiger partial charge in [0.05, 0.1) is 0 Å². The molecule has 21 heavy (non-hydrogen) atoms. The van der Waals surface area contributed by atoms with E-state index in [9.17, 15) is 9.90 Å². The molecule has 0 aliphatic carbocycles. The van der Waals surface area contributed by atoms with Crippen LogP contribution < -0.4 is 0 Å². The number of unbranched alkanes of at least 4 members (excludes halogenated alkanes) is 9. The number of likely N-dealkylation sites (tertiary alicyclic amines) is 1. The summed E-state index contributed by atoms with van der Waals surface area (Å²) in [6, 6.07) is -0.211. The Kier molecular flexibility index (Phi) is 10.6. The summed E-state index contributed by atoms with van der Waals surface area (Å²) in [6.07, 6.45) is 16.5. The van der Waals surface area contributed by atoms with Crippen LogP contribution in [0, 0.1) is 0 Å². The van der Waals surface area contributed by atoms with Gasteiger partial charge in [0.25, 0.3) is 0 Å². The normalized spacial score (nSPS) is 19.8. The summed E-state index contributed by atoms with van der Waals surface area (Å²) >= 11 is 0. The van der Waals surface area contributed by atoms with Crippen LogP contribution in [0.2, 0.25) is 0 Å². The molecule has 0 spiro atoms. The van der Waals surface area contributed by atoms with Gasteiger partial charge >= 0.3 is 5.97 Å². The van der Waals surface area contributed by atoms with E-state index in [2.05, 4.69) is 11.8 Å². The lowest BCUT2D eigenvalue weighted by molar-refractivity contribution is -0.144. The fourth-order valence-corrected chi connectivity index (χ4v) is 3.34. The smallest absolute Gasteiger partial charge is 0.320 e. The van der Waals surface area contributed by atoms with Crippen molar-refractivity contribution < 1.29 is 9.90 Å². The van der Waals surface area contributed by atoms with E-state index in [0.717, 1.165) is 25.9 Å². The van der Waals surface area contributed by atoms with Crippen LogP contribution in [0.25, 0.3) is 0 Å². The second kappa shape index (κ2) is 12.0. The van der Waals surface area contributed by atoms with Crippen molar-refractivity contribution in [2.75, 3.05) is 13.1 Å². The highest BCUT2D eigenvalue weighted by atomic mass is 16.4. The summed E-state index contributed by atoms with van der Waals surface area (Å²) in [5, 5.41) is 9.23. The molecule has 0 amide bonds. The van der Waals surface area contributed by atoms with Crippen molar-refractivity contribution in [3.63, 3.8) is 0 Å². The van der Waals surface area contributed by atoms with Crippen molar-refractivity contribution in [1.82, 2.24) is 4.90 Å². The molecule has 1 N–H and O–H groups in total. The zero-order valence-corrected chi connectivity index (χ0v) is 14.0. The molecule has 0 radical (unpaired) electrons. The van der Waals surface area contributed by atoms with Crippen LogP contribution in [0.3, 0.4) is 0 Å². The maximum atomic E-state index is 11.2. The van der Waals surface area contributed by atoms with E-state index in [1.807, 2.05) is 0 Å². The van der Waals surface area contributed by atoms with Crippen LogP contribution in [-0.4, -0.2) is 35.1 Å². The molecule has 1 unspecified atom stereocenters. The topological polar surface area (TPSA) is 40.5 Å². The van der Waals surface area contributed by atoms with Crippen molar-refractivity contribution in [2.24, 2.45) is 0 Å². The van der Waals surface area contributed by atoms with Gasteiger partial charge in [-0.3, -0.25) is 9.69 Å². The average molecular weight is 297 g/mol. The molecule has 0 saturated carbocycles. The van der Waals surface area contributed by atoms with E-state index >= 15 is 0 Å². The number of carbonyl (C=O) groups is 1. The Hall–Kier alpha value is -0.570. The van der Waals surface area contributed by atoms with Crippen molar-refractivity contribution in [3.8, 4) is 0 Å². The summed E-state index contributed by atoms with van der Waals surface area (Å²) in [5.41, 5.74) is 0. The molecule has 0 aromatic carbocycles. The Morgan fingerprint density at radius 2 is 1.52 bits per heavy atom. The molecule has 3 heteroatoms. The largest absolute Gasteiger partial charge is 0.480 e. The minimum Gasteiger partial charge on any atom is -0.480 e. The van der Waals surface area contributed by atoms with Crippen molar-refractivity contribution >= 4 is 5.97 Å². The predicted molar refractivity (Wildman–Crippen MR) is 88.7 cm³/mol. The third kappa shape index (κ3) is 8.45. The van der Waals surface area contributed by atoms with E-state index in [4.69, 9.17) is 0 Å². The number of hydrogen-bond donors (Lipinski definition) is 1. The third-order valence-corrected chi connectivity index (χ3v) is 4.70. The monoisotopic (exact) mass is 297 g/mol. The molecule has 3 nitrogen and oxygen atoms in total. The van der Waals surface area contributed by atoms with E-state index < -0.39 is 5.97 Å². The quantitative estimate of drug-likeness (QED) is 0.524. The van der Waals surface area contributed by atoms with E-state index in [0.29, 0.717) is 0 Å². The van der Waals surface area contributed by atoms with Gasteiger partial charge in [0.15, 0.2) is 0 Å². The van der Waals surface area contributed by atoms with Gasteiger partial charge in [-0.1, -0.05) is 71.1 Å². The van der Waals surface area contributed by atoms with Gasteiger partial charge < -0.3 is 5.11 Å². The third-order valence-electron chi connectivity index (χ3n) is 4.70. The van der Waals surface area contributed by atoms with Gasteiger partial charge in [0.1, 0.15) is 6.04 Å². The summed E-state index contributed by atoms with van der Waals surface area (Å²) < 4.78 is 0. The van der Waals surface area contributed by atoms with Crippen LogP contribution >= 0.6 is 0 Å². The highest BCUT2D eigenvalue weighted by Gasteiger charge is 2.27. The van der Waals surface area contributed by atoms with Gasteiger partial charge in [-0.2, -0.15) is 0 Å². The summed E-state index contributed by atoms with van der Waals surface area (Å²) in [4.78, 5) is 13.4. The number of nitrogens with zero attached hydrogens (tertiary/aromatic N) is 1. The van der Waals surface area contributed by atoms with Crippen LogP contribution in [0.4, 0.5) is 0 Å². The number of piperidine rings is 1. The van der Waals surface area contributed by atoms with Crippen LogP contribution in [0.15, 0.2) is 0 Å². The minimum absolute atomic E-state index is 0.211. The van der Waals surface area contributed by atoms with E-state index in [1.54, 1.807) is 0 Å². The molecule has 1 atom stereocenters. The summed E-state index contributed by atoms with van der Waals surface area (Å²) in [6.45, 7) is 4.22. The fraction of sp³-hybridized carbons (Fsp3) is 0.944. The minimum atomic E-state index is -0.623. The Morgan fingerprint density at radius 3 is 2.10 bits per heavy atom. The van der Waals surface area contributed by atoms with Crippen molar-refractivity contribution in [3.05, 3.63) is 0 Å². The summed E-state index contributed by atoms with van der Waals surface area (Å²) in [7, 11) is 0. The van der Waals surface area contributed by atoms with Gasteiger partial charge in [0, 0.05) is 0 Å². The first-order chi connectivity index (χ1) is 10.3. The fourth-order valence-electron chi connectivity index (χ4n) is 3.34. The SMILES string of the molecule is CCCCCCCCCCCCN1CCCCC1C(=O)O. The molecular weight excluding hydrogens is 262 g/mol. The molecule has 124 valence electrons. The maximum absolute atomic E-state index is 11.2. The Morgan fingerprint density at radius 1 is 0.952 bits per heavy atom. The number of carboxylic acids is 1. The van der Waals surface area contributed by atoms with Crippen LogP contribution in [0.5, 0.6) is 0 Å². The van der Waals surface area contributed by atoms with Crippen LogP contribution in [0.1, 0.15) is 90.4 Å². The first kappa shape index (κ1) is 18.5. The summed E-state index contributed by atoms with van der Waals surface area (Å²) in [5.74, 6) is -0.623. The lowest BCUT2D eigenvalue weighted by atomic mass is 10.0. The highest BCUT2D eigenvalue weighted by Crippen LogP contribution is 2.18. The van der Waals surface area contributed by atoms with Gasteiger partial charge in [-0.15, -0.1) is 0 Å². The Balaban J connectivity index is 1.94. The molecule has 1 aliphatic rings. The Labute approximate surface area is 131 Å².